The van der Waals surface area contributed by atoms with E-state index in [1.165, 1.54) is 11.0 Å². The van der Waals surface area contributed by atoms with Crippen LogP contribution in [0, 0.1) is 0 Å². The molecule has 0 bridgehead atoms. The fraction of sp³-hybridized carbons (Fsp3) is 0.167. The highest BCUT2D eigenvalue weighted by Gasteiger charge is 2.42. The van der Waals surface area contributed by atoms with E-state index in [9.17, 15) is 9.59 Å². The van der Waals surface area contributed by atoms with Gasteiger partial charge in [-0.15, -0.1) is 5.10 Å². The summed E-state index contributed by atoms with van der Waals surface area (Å²) < 4.78 is 6.93. The number of ether oxygens (including phenoxy) is 1. The number of tetrazole rings is 1. The van der Waals surface area contributed by atoms with Crippen molar-refractivity contribution in [3.8, 4) is 5.69 Å². The van der Waals surface area contributed by atoms with Gasteiger partial charge in [-0.05, 0) is 47.2 Å². The Labute approximate surface area is 148 Å². The molecular formula is C18H15N5O3. The number of amides is 1. The number of cyclic esters (lactones) is 1. The minimum Gasteiger partial charge on any atom is -0.445 e. The lowest BCUT2D eigenvalue weighted by Crippen LogP contribution is -2.48. The van der Waals surface area contributed by atoms with E-state index in [2.05, 4.69) is 20.8 Å². The van der Waals surface area contributed by atoms with Gasteiger partial charge in [0.25, 0.3) is 5.91 Å². The molecule has 0 saturated heterocycles. The summed E-state index contributed by atoms with van der Waals surface area (Å²) in [6.07, 6.45) is 1.77. The monoisotopic (exact) mass is 349 g/mol. The molecule has 8 nitrogen and oxygen atoms in total. The standard InChI is InChI=1S/C18H15N5O3/c1-18(10-12-5-2-3-8-15(12)16(24)26-18)17(25)20-13-6-4-7-14(9-13)23-11-19-21-22-23/h2-9,11H,10H2,1H3,(H,20,25). The minimum absolute atomic E-state index is 0.313. The summed E-state index contributed by atoms with van der Waals surface area (Å²) in [5, 5.41) is 13.8. The van der Waals surface area contributed by atoms with Crippen LogP contribution in [0.15, 0.2) is 54.9 Å². The molecule has 2 heterocycles. The lowest BCUT2D eigenvalue weighted by Gasteiger charge is -2.33. The molecule has 0 saturated carbocycles. The van der Waals surface area contributed by atoms with Gasteiger partial charge in [-0.3, -0.25) is 4.79 Å². The zero-order chi connectivity index (χ0) is 18.1. The van der Waals surface area contributed by atoms with Crippen molar-refractivity contribution >= 4 is 17.6 Å². The summed E-state index contributed by atoms with van der Waals surface area (Å²) >= 11 is 0. The van der Waals surface area contributed by atoms with Gasteiger partial charge in [0.05, 0.1) is 11.3 Å². The first-order valence-corrected chi connectivity index (χ1v) is 8.01. The van der Waals surface area contributed by atoms with Crippen molar-refractivity contribution in [2.45, 2.75) is 18.9 Å². The van der Waals surface area contributed by atoms with Crippen LogP contribution in [0.5, 0.6) is 0 Å². The minimum atomic E-state index is -1.28. The molecule has 0 aliphatic carbocycles. The van der Waals surface area contributed by atoms with Crippen molar-refractivity contribution < 1.29 is 14.3 Å². The van der Waals surface area contributed by atoms with E-state index in [4.69, 9.17) is 4.74 Å². The molecule has 4 rings (SSSR count). The highest BCUT2D eigenvalue weighted by atomic mass is 16.6. The van der Waals surface area contributed by atoms with Gasteiger partial charge in [0.1, 0.15) is 6.33 Å². The average Bonchev–Trinajstić information content (AvgIpc) is 3.16. The Morgan fingerprint density at radius 3 is 2.88 bits per heavy atom. The van der Waals surface area contributed by atoms with Crippen molar-refractivity contribution in [1.29, 1.82) is 0 Å². The van der Waals surface area contributed by atoms with Gasteiger partial charge in [0.2, 0.25) is 0 Å². The first kappa shape index (κ1) is 15.9. The lowest BCUT2D eigenvalue weighted by atomic mass is 9.89. The third kappa shape index (κ3) is 2.81. The van der Waals surface area contributed by atoms with Crippen LogP contribution in [-0.4, -0.2) is 37.7 Å². The molecule has 3 aromatic rings. The number of carbonyl (C=O) groups is 2. The molecule has 1 aliphatic rings. The number of hydrogen-bond donors (Lipinski definition) is 1. The molecule has 8 heteroatoms. The largest absolute Gasteiger partial charge is 0.445 e. The number of carbonyl (C=O) groups excluding carboxylic acids is 2. The van der Waals surface area contributed by atoms with Crippen LogP contribution < -0.4 is 5.32 Å². The van der Waals surface area contributed by atoms with Gasteiger partial charge in [-0.2, -0.15) is 0 Å². The van der Waals surface area contributed by atoms with Gasteiger partial charge in [0, 0.05) is 12.1 Å². The highest BCUT2D eigenvalue weighted by Crippen LogP contribution is 2.29. The number of esters is 1. The molecule has 0 fully saturated rings. The lowest BCUT2D eigenvalue weighted by molar-refractivity contribution is -0.134. The Morgan fingerprint density at radius 1 is 1.23 bits per heavy atom. The SMILES string of the molecule is CC1(C(=O)Nc2cccc(-n3cnnn3)c2)Cc2ccccc2C(=O)O1. The fourth-order valence-corrected chi connectivity index (χ4v) is 2.93. The van der Waals surface area contributed by atoms with Gasteiger partial charge < -0.3 is 10.1 Å². The van der Waals surface area contributed by atoms with E-state index < -0.39 is 17.5 Å². The van der Waals surface area contributed by atoms with Gasteiger partial charge in [0.15, 0.2) is 5.60 Å². The quantitative estimate of drug-likeness (QED) is 0.724. The molecule has 1 unspecified atom stereocenters. The number of aromatic nitrogens is 4. The number of rotatable bonds is 3. The Bertz CT molecular complexity index is 986. The summed E-state index contributed by atoms with van der Waals surface area (Å²) in [6, 6.07) is 14.2. The Kier molecular flexibility index (Phi) is 3.72. The second-order valence-corrected chi connectivity index (χ2v) is 6.21. The Morgan fingerprint density at radius 2 is 2.08 bits per heavy atom. The van der Waals surface area contributed by atoms with Crippen molar-refractivity contribution in [2.75, 3.05) is 5.32 Å². The molecule has 2 aromatic carbocycles. The predicted octanol–water partition coefficient (Wildman–Crippen LogP) is 1.77. The van der Waals surface area contributed by atoms with E-state index in [0.717, 1.165) is 5.56 Å². The molecule has 1 aliphatic heterocycles. The topological polar surface area (TPSA) is 99.0 Å². The van der Waals surface area contributed by atoms with Crippen LogP contribution in [0.3, 0.4) is 0 Å². The molecule has 26 heavy (non-hydrogen) atoms. The smallest absolute Gasteiger partial charge is 0.339 e. The van der Waals surface area contributed by atoms with Crippen molar-refractivity contribution in [3.05, 3.63) is 66.0 Å². The van der Waals surface area contributed by atoms with Crippen LogP contribution in [0.1, 0.15) is 22.8 Å². The molecule has 1 amide bonds. The van der Waals surface area contributed by atoms with E-state index in [1.54, 1.807) is 37.3 Å². The second kappa shape index (κ2) is 6.07. The Balaban J connectivity index is 1.57. The third-order valence-corrected chi connectivity index (χ3v) is 4.28. The van der Waals surface area contributed by atoms with Gasteiger partial charge >= 0.3 is 5.97 Å². The van der Waals surface area contributed by atoms with Crippen molar-refractivity contribution in [2.24, 2.45) is 0 Å². The maximum absolute atomic E-state index is 12.8. The van der Waals surface area contributed by atoms with Gasteiger partial charge in [-0.25, -0.2) is 9.48 Å². The number of nitrogens with zero attached hydrogens (tertiary/aromatic N) is 4. The van der Waals surface area contributed by atoms with Crippen LogP contribution in [0.2, 0.25) is 0 Å². The molecule has 0 radical (unpaired) electrons. The number of fused-ring (bicyclic) bond motifs is 1. The summed E-state index contributed by atoms with van der Waals surface area (Å²) in [4.78, 5) is 25.0. The first-order chi connectivity index (χ1) is 12.5. The molecule has 1 aromatic heterocycles. The second-order valence-electron chi connectivity index (χ2n) is 6.21. The van der Waals surface area contributed by atoms with E-state index in [0.29, 0.717) is 23.4 Å². The summed E-state index contributed by atoms with van der Waals surface area (Å²) in [6.45, 7) is 1.61. The summed E-state index contributed by atoms with van der Waals surface area (Å²) in [5.41, 5.74) is 1.27. The van der Waals surface area contributed by atoms with Crippen LogP contribution in [0.4, 0.5) is 5.69 Å². The van der Waals surface area contributed by atoms with Crippen LogP contribution in [0.25, 0.3) is 5.69 Å². The van der Waals surface area contributed by atoms with Crippen LogP contribution in [-0.2, 0) is 16.0 Å². The third-order valence-electron chi connectivity index (χ3n) is 4.28. The first-order valence-electron chi connectivity index (χ1n) is 8.01. The maximum Gasteiger partial charge on any atom is 0.339 e. The number of nitrogens with one attached hydrogen (secondary N) is 1. The summed E-state index contributed by atoms with van der Waals surface area (Å²) in [7, 11) is 0. The average molecular weight is 349 g/mol. The van der Waals surface area contributed by atoms with Crippen molar-refractivity contribution in [1.82, 2.24) is 20.2 Å². The molecule has 1 N–H and O–H groups in total. The predicted molar refractivity (Wildman–Crippen MR) is 91.8 cm³/mol. The normalized spacial score (nSPS) is 18.7. The highest BCUT2D eigenvalue weighted by molar-refractivity contribution is 6.02. The molecular weight excluding hydrogens is 334 g/mol. The zero-order valence-corrected chi connectivity index (χ0v) is 13.9. The number of hydrogen-bond acceptors (Lipinski definition) is 6. The van der Waals surface area contributed by atoms with Gasteiger partial charge in [-0.1, -0.05) is 24.3 Å². The maximum atomic E-state index is 12.8. The van der Waals surface area contributed by atoms with Crippen molar-refractivity contribution in [3.63, 3.8) is 0 Å². The van der Waals surface area contributed by atoms with E-state index in [1.807, 2.05) is 18.2 Å². The number of benzene rings is 2. The van der Waals surface area contributed by atoms with Crippen LogP contribution >= 0.6 is 0 Å². The summed E-state index contributed by atoms with van der Waals surface area (Å²) in [5.74, 6) is -0.888. The number of anilines is 1. The molecule has 1 atom stereocenters. The van der Waals surface area contributed by atoms with E-state index >= 15 is 0 Å². The van der Waals surface area contributed by atoms with E-state index in [-0.39, 0.29) is 0 Å². The molecule has 0 spiro atoms. The zero-order valence-electron chi connectivity index (χ0n) is 13.9. The molecule has 130 valence electrons. The fourth-order valence-electron chi connectivity index (χ4n) is 2.93. The Hall–Kier alpha value is -3.55.